The van der Waals surface area contributed by atoms with Gasteiger partial charge < -0.3 is 4.57 Å². The van der Waals surface area contributed by atoms with Crippen molar-refractivity contribution in [2.45, 2.75) is 13.5 Å². The molecular weight excluding hydrogens is 208 g/mol. The zero-order chi connectivity index (χ0) is 11.7. The van der Waals surface area contributed by atoms with E-state index >= 15 is 0 Å². The maximum absolute atomic E-state index is 4.15. The highest BCUT2D eigenvalue weighted by atomic mass is 15.0. The Morgan fingerprint density at radius 2 is 2.12 bits per heavy atom. The van der Waals surface area contributed by atoms with Crippen LogP contribution in [0.25, 0.3) is 10.9 Å². The van der Waals surface area contributed by atoms with Crippen LogP contribution in [0, 0.1) is 6.92 Å². The molecule has 0 bridgehead atoms. The molecule has 0 atom stereocenters. The quantitative estimate of drug-likeness (QED) is 0.650. The van der Waals surface area contributed by atoms with Crippen LogP contribution in [0.5, 0.6) is 0 Å². The topological polar surface area (TPSA) is 17.8 Å². The van der Waals surface area contributed by atoms with Crippen molar-refractivity contribution >= 4 is 10.9 Å². The molecule has 0 aliphatic heterocycles. The summed E-state index contributed by atoms with van der Waals surface area (Å²) in [6, 6.07) is 12.8. The van der Waals surface area contributed by atoms with Gasteiger partial charge in [-0.05, 0) is 42.1 Å². The molecule has 2 nitrogen and oxygen atoms in total. The van der Waals surface area contributed by atoms with Crippen LogP contribution >= 0.6 is 0 Å². The molecule has 0 N–H and O–H groups in total. The number of rotatable bonds is 2. The lowest BCUT2D eigenvalue weighted by Crippen LogP contribution is -1.97. The van der Waals surface area contributed by atoms with E-state index in [9.17, 15) is 0 Å². The first-order valence-corrected chi connectivity index (χ1v) is 5.77. The minimum absolute atomic E-state index is 0.875. The largest absolute Gasteiger partial charge is 0.343 e. The van der Waals surface area contributed by atoms with Crippen molar-refractivity contribution in [1.29, 1.82) is 0 Å². The summed E-state index contributed by atoms with van der Waals surface area (Å²) in [5, 5.41) is 1.30. The van der Waals surface area contributed by atoms with Crippen molar-refractivity contribution in [3.8, 4) is 0 Å². The highest BCUT2D eigenvalue weighted by molar-refractivity contribution is 5.80. The monoisotopic (exact) mass is 222 g/mol. The second-order valence-electron chi connectivity index (χ2n) is 4.37. The number of aromatic nitrogens is 2. The summed E-state index contributed by atoms with van der Waals surface area (Å²) in [5.74, 6) is 0. The molecule has 84 valence electrons. The molecular formula is C15H14N2. The van der Waals surface area contributed by atoms with Crippen LogP contribution in [-0.2, 0) is 6.54 Å². The van der Waals surface area contributed by atoms with Gasteiger partial charge in [-0.3, -0.25) is 4.98 Å². The fourth-order valence-electron chi connectivity index (χ4n) is 2.15. The van der Waals surface area contributed by atoms with Crippen molar-refractivity contribution in [3.63, 3.8) is 0 Å². The first-order valence-electron chi connectivity index (χ1n) is 5.77. The number of benzene rings is 1. The third-order valence-electron chi connectivity index (χ3n) is 3.00. The van der Waals surface area contributed by atoms with Crippen LogP contribution in [0.2, 0.25) is 0 Å². The summed E-state index contributed by atoms with van der Waals surface area (Å²) in [4.78, 5) is 4.15. The second kappa shape index (κ2) is 4.06. The molecule has 0 amide bonds. The Kier molecular flexibility index (Phi) is 2.41. The van der Waals surface area contributed by atoms with Gasteiger partial charge in [-0.25, -0.2) is 0 Å². The Balaban J connectivity index is 2.01. The van der Waals surface area contributed by atoms with Gasteiger partial charge in [0.15, 0.2) is 0 Å². The molecule has 0 unspecified atom stereocenters. The minimum atomic E-state index is 0.875. The summed E-state index contributed by atoms with van der Waals surface area (Å²) < 4.78 is 2.26. The molecule has 0 spiro atoms. The first-order chi connectivity index (χ1) is 8.33. The number of aryl methyl sites for hydroxylation is 1. The number of hydrogen-bond acceptors (Lipinski definition) is 1. The smallest absolute Gasteiger partial charge is 0.0491 e. The molecule has 0 aliphatic rings. The van der Waals surface area contributed by atoms with Gasteiger partial charge in [-0.2, -0.15) is 0 Å². The minimum Gasteiger partial charge on any atom is -0.343 e. The maximum atomic E-state index is 4.15. The van der Waals surface area contributed by atoms with E-state index in [1.54, 1.807) is 6.20 Å². The molecule has 0 aliphatic carbocycles. The van der Waals surface area contributed by atoms with E-state index in [2.05, 4.69) is 53.0 Å². The van der Waals surface area contributed by atoms with Gasteiger partial charge in [0, 0.05) is 30.7 Å². The van der Waals surface area contributed by atoms with Crippen LogP contribution in [0.15, 0.2) is 55.0 Å². The summed E-state index contributed by atoms with van der Waals surface area (Å²) in [6.45, 7) is 3.00. The van der Waals surface area contributed by atoms with E-state index in [0.717, 1.165) is 6.54 Å². The average Bonchev–Trinajstić information content (AvgIpc) is 2.73. The summed E-state index contributed by atoms with van der Waals surface area (Å²) in [6.07, 6.45) is 5.86. The van der Waals surface area contributed by atoms with E-state index in [4.69, 9.17) is 0 Å². The van der Waals surface area contributed by atoms with Crippen LogP contribution in [0.3, 0.4) is 0 Å². The Morgan fingerprint density at radius 3 is 2.94 bits per heavy atom. The third kappa shape index (κ3) is 1.94. The van der Waals surface area contributed by atoms with Crippen LogP contribution < -0.4 is 0 Å². The summed E-state index contributed by atoms with van der Waals surface area (Å²) in [5.41, 5.74) is 3.81. The molecule has 0 saturated heterocycles. The molecule has 0 fully saturated rings. The van der Waals surface area contributed by atoms with Crippen LogP contribution in [0.1, 0.15) is 11.1 Å². The molecule has 0 radical (unpaired) electrons. The zero-order valence-corrected chi connectivity index (χ0v) is 9.80. The van der Waals surface area contributed by atoms with E-state index in [-0.39, 0.29) is 0 Å². The Morgan fingerprint density at radius 1 is 1.18 bits per heavy atom. The Hall–Kier alpha value is -2.09. The molecule has 3 aromatic rings. The number of fused-ring (bicyclic) bond motifs is 1. The lowest BCUT2D eigenvalue weighted by molar-refractivity contribution is 0.831. The van der Waals surface area contributed by atoms with Crippen molar-refractivity contribution in [2.75, 3.05) is 0 Å². The second-order valence-corrected chi connectivity index (χ2v) is 4.37. The summed E-state index contributed by atoms with van der Waals surface area (Å²) in [7, 11) is 0. The predicted octanol–water partition coefficient (Wildman–Crippen LogP) is 3.39. The van der Waals surface area contributed by atoms with Crippen molar-refractivity contribution in [3.05, 3.63) is 66.1 Å². The van der Waals surface area contributed by atoms with Gasteiger partial charge in [0.05, 0.1) is 0 Å². The summed E-state index contributed by atoms with van der Waals surface area (Å²) >= 11 is 0. The molecule has 2 heterocycles. The molecule has 2 heteroatoms. The van der Waals surface area contributed by atoms with Gasteiger partial charge in [0.1, 0.15) is 0 Å². The van der Waals surface area contributed by atoms with E-state index in [1.165, 1.54) is 22.0 Å². The van der Waals surface area contributed by atoms with E-state index in [0.29, 0.717) is 0 Å². The van der Waals surface area contributed by atoms with Gasteiger partial charge >= 0.3 is 0 Å². The highest BCUT2D eigenvalue weighted by Crippen LogP contribution is 2.18. The molecule has 0 saturated carbocycles. The van der Waals surface area contributed by atoms with Crippen molar-refractivity contribution in [2.24, 2.45) is 0 Å². The van der Waals surface area contributed by atoms with Crippen LogP contribution in [-0.4, -0.2) is 9.55 Å². The molecule has 2 aromatic heterocycles. The maximum Gasteiger partial charge on any atom is 0.0491 e. The predicted molar refractivity (Wildman–Crippen MR) is 70.0 cm³/mol. The molecule has 1 aromatic carbocycles. The van der Waals surface area contributed by atoms with Gasteiger partial charge in [0.25, 0.3) is 0 Å². The van der Waals surface area contributed by atoms with Crippen molar-refractivity contribution < 1.29 is 0 Å². The fraction of sp³-hybridized carbons (Fsp3) is 0.133. The van der Waals surface area contributed by atoms with Gasteiger partial charge in [-0.15, -0.1) is 0 Å². The fourth-order valence-corrected chi connectivity index (χ4v) is 2.15. The Labute approximate surface area is 101 Å². The highest BCUT2D eigenvalue weighted by Gasteiger charge is 2.01. The van der Waals surface area contributed by atoms with Crippen LogP contribution in [0.4, 0.5) is 0 Å². The Bertz CT molecular complexity index is 638. The normalized spacial score (nSPS) is 10.9. The number of hydrogen-bond donors (Lipinski definition) is 0. The van der Waals surface area contributed by atoms with E-state index < -0.39 is 0 Å². The van der Waals surface area contributed by atoms with Gasteiger partial charge in [0.2, 0.25) is 0 Å². The standard InChI is InChI=1S/C15H14N2/c1-12-4-5-15-14(9-12)6-8-17(15)11-13-3-2-7-16-10-13/h2-10H,11H2,1H3. The first kappa shape index (κ1) is 10.1. The van der Waals surface area contributed by atoms with Gasteiger partial charge in [-0.1, -0.05) is 17.7 Å². The number of nitrogens with zero attached hydrogens (tertiary/aromatic N) is 2. The lowest BCUT2D eigenvalue weighted by Gasteiger charge is -2.05. The lowest BCUT2D eigenvalue weighted by atomic mass is 10.2. The zero-order valence-electron chi connectivity index (χ0n) is 9.80. The van der Waals surface area contributed by atoms with Crippen molar-refractivity contribution in [1.82, 2.24) is 9.55 Å². The molecule has 17 heavy (non-hydrogen) atoms. The molecule has 3 rings (SSSR count). The SMILES string of the molecule is Cc1ccc2c(ccn2Cc2cccnc2)c1. The average molecular weight is 222 g/mol. The van der Waals surface area contributed by atoms with E-state index in [1.807, 2.05) is 12.3 Å². The number of pyridine rings is 1. The third-order valence-corrected chi connectivity index (χ3v) is 3.00.